The molecule has 0 aliphatic rings. The summed E-state index contributed by atoms with van der Waals surface area (Å²) in [5, 5.41) is 5.59. The Morgan fingerprint density at radius 3 is 1.47 bits per heavy atom. The minimum Gasteiger partial charge on any atom is -0.292 e. The highest BCUT2D eigenvalue weighted by atomic mass is 15.2. The van der Waals surface area contributed by atoms with Gasteiger partial charge in [0.25, 0.3) is 0 Å². The first-order valence-corrected chi connectivity index (χ1v) is 19.5. The third-order valence-corrected chi connectivity index (χ3v) is 11.3. The summed E-state index contributed by atoms with van der Waals surface area (Å²) in [6.45, 7) is 0. The normalized spacial score (nSPS) is 11.8. The van der Waals surface area contributed by atoms with Crippen LogP contribution in [0.3, 0.4) is 0 Å². The molecular formula is C52H32N6. The number of para-hydroxylation sites is 4. The molecule has 0 aliphatic heterocycles. The SMILES string of the molecule is c1ccc(-c2cccc(-c3nc(-c4cccc(-c5ccccc5)c4)nc(-n4c5ccccc5c5cc6c(cc54)c4ccccc4n4c5ccccc5nc64)n3)c2)cc1. The van der Waals surface area contributed by atoms with Gasteiger partial charge >= 0.3 is 0 Å². The van der Waals surface area contributed by atoms with Crippen molar-refractivity contribution in [3.05, 3.63) is 194 Å². The lowest BCUT2D eigenvalue weighted by atomic mass is 10.0. The van der Waals surface area contributed by atoms with Crippen LogP contribution in [-0.4, -0.2) is 28.9 Å². The van der Waals surface area contributed by atoms with Gasteiger partial charge in [-0.05, 0) is 76.2 Å². The lowest BCUT2D eigenvalue weighted by molar-refractivity contribution is 0.954. The van der Waals surface area contributed by atoms with Crippen molar-refractivity contribution >= 4 is 60.2 Å². The number of imidazole rings is 1. The fourth-order valence-electron chi connectivity index (χ4n) is 8.65. The zero-order chi connectivity index (χ0) is 38.2. The molecule has 0 unspecified atom stereocenters. The molecule has 0 saturated carbocycles. The summed E-state index contributed by atoms with van der Waals surface area (Å²) in [4.78, 5) is 21.1. The Hall–Kier alpha value is -7.96. The molecule has 0 spiro atoms. The summed E-state index contributed by atoms with van der Waals surface area (Å²) in [7, 11) is 0. The van der Waals surface area contributed by atoms with Crippen molar-refractivity contribution < 1.29 is 0 Å². The van der Waals surface area contributed by atoms with Gasteiger partial charge in [-0.15, -0.1) is 0 Å². The number of fused-ring (bicyclic) bond motifs is 11. The molecule has 0 bridgehead atoms. The van der Waals surface area contributed by atoms with Gasteiger partial charge < -0.3 is 0 Å². The largest absolute Gasteiger partial charge is 0.292 e. The van der Waals surface area contributed by atoms with Crippen molar-refractivity contribution in [2.45, 2.75) is 0 Å². The van der Waals surface area contributed by atoms with Crippen molar-refractivity contribution in [3.8, 4) is 51.0 Å². The van der Waals surface area contributed by atoms with Crippen LogP contribution in [0, 0.1) is 0 Å². The molecule has 6 nitrogen and oxygen atoms in total. The predicted octanol–water partition coefficient (Wildman–Crippen LogP) is 12.7. The average Bonchev–Trinajstić information content (AvgIpc) is 3.85. The number of hydrogen-bond acceptors (Lipinski definition) is 4. The Morgan fingerprint density at radius 2 is 0.810 bits per heavy atom. The molecule has 12 aromatic rings. The molecule has 58 heavy (non-hydrogen) atoms. The van der Waals surface area contributed by atoms with Gasteiger partial charge in [0, 0.05) is 32.7 Å². The van der Waals surface area contributed by atoms with E-state index in [0.29, 0.717) is 17.6 Å². The number of benzene rings is 8. The fraction of sp³-hybridized carbons (Fsp3) is 0. The van der Waals surface area contributed by atoms with Gasteiger partial charge in [0.2, 0.25) is 5.95 Å². The summed E-state index contributed by atoms with van der Waals surface area (Å²) in [6, 6.07) is 67.9. The first-order chi connectivity index (χ1) is 28.7. The summed E-state index contributed by atoms with van der Waals surface area (Å²) < 4.78 is 4.51. The number of hydrogen-bond donors (Lipinski definition) is 0. The third-order valence-electron chi connectivity index (χ3n) is 11.3. The number of rotatable bonds is 5. The standard InChI is InChI=1S/C52H32N6/c1-3-15-33(16-4-1)35-19-13-21-37(29-35)49-54-50(38-22-14-20-36(30-38)34-17-5-2-6-18-34)56-52(55-49)58-46-27-11-8-24-40(46)42-31-43-41(32-48(42)58)39-23-7-10-26-45(39)57-47-28-12-9-25-44(47)53-51(43)57/h1-32H. The molecule has 0 aliphatic carbocycles. The number of pyridine rings is 1. The van der Waals surface area contributed by atoms with Crippen molar-refractivity contribution in [2.24, 2.45) is 0 Å². The van der Waals surface area contributed by atoms with Crippen LogP contribution in [0.2, 0.25) is 0 Å². The van der Waals surface area contributed by atoms with Gasteiger partial charge in [0.15, 0.2) is 11.6 Å². The van der Waals surface area contributed by atoms with E-state index in [1.54, 1.807) is 0 Å². The van der Waals surface area contributed by atoms with E-state index in [9.17, 15) is 0 Å². The van der Waals surface area contributed by atoms with Crippen LogP contribution in [0.4, 0.5) is 0 Å². The van der Waals surface area contributed by atoms with Gasteiger partial charge in [-0.25, -0.2) is 9.97 Å². The summed E-state index contributed by atoms with van der Waals surface area (Å²) in [5.74, 6) is 1.76. The number of aromatic nitrogens is 6. The van der Waals surface area contributed by atoms with Crippen LogP contribution in [0.15, 0.2) is 194 Å². The molecule has 4 heterocycles. The van der Waals surface area contributed by atoms with E-state index in [2.05, 4.69) is 191 Å². The maximum atomic E-state index is 5.33. The highest BCUT2D eigenvalue weighted by Gasteiger charge is 2.21. The second kappa shape index (κ2) is 12.8. The van der Waals surface area contributed by atoms with Gasteiger partial charge in [0.05, 0.1) is 27.6 Å². The Bertz CT molecular complexity index is 3470. The smallest absolute Gasteiger partial charge is 0.238 e. The van der Waals surface area contributed by atoms with E-state index in [0.717, 1.165) is 93.5 Å². The van der Waals surface area contributed by atoms with E-state index in [1.807, 2.05) is 12.1 Å². The highest BCUT2D eigenvalue weighted by Crippen LogP contribution is 2.40. The van der Waals surface area contributed by atoms with Crippen molar-refractivity contribution in [1.82, 2.24) is 28.9 Å². The first-order valence-electron chi connectivity index (χ1n) is 19.5. The Labute approximate surface area is 333 Å². The van der Waals surface area contributed by atoms with E-state index in [1.165, 1.54) is 0 Å². The molecule has 0 fully saturated rings. The molecule has 12 rings (SSSR count). The Morgan fingerprint density at radius 1 is 0.293 bits per heavy atom. The summed E-state index contributed by atoms with van der Waals surface area (Å²) >= 11 is 0. The van der Waals surface area contributed by atoms with E-state index < -0.39 is 0 Å². The predicted molar refractivity (Wildman–Crippen MR) is 237 cm³/mol. The minimum absolute atomic E-state index is 0.553. The van der Waals surface area contributed by atoms with E-state index >= 15 is 0 Å². The van der Waals surface area contributed by atoms with Gasteiger partial charge in [-0.3, -0.25) is 8.97 Å². The quantitative estimate of drug-likeness (QED) is 0.165. The Balaban J connectivity index is 1.16. The topological polar surface area (TPSA) is 60.9 Å². The molecule has 0 amide bonds. The van der Waals surface area contributed by atoms with E-state index in [-0.39, 0.29) is 0 Å². The lowest BCUT2D eigenvalue weighted by Crippen LogP contribution is -2.06. The van der Waals surface area contributed by atoms with Gasteiger partial charge in [-0.1, -0.05) is 146 Å². The van der Waals surface area contributed by atoms with Crippen LogP contribution in [-0.2, 0) is 0 Å². The molecule has 6 heteroatoms. The van der Waals surface area contributed by atoms with Crippen molar-refractivity contribution in [2.75, 3.05) is 0 Å². The van der Waals surface area contributed by atoms with Crippen LogP contribution in [0.1, 0.15) is 0 Å². The summed E-state index contributed by atoms with van der Waals surface area (Å²) in [6.07, 6.45) is 0. The highest BCUT2D eigenvalue weighted by molar-refractivity contribution is 6.21. The van der Waals surface area contributed by atoms with Crippen LogP contribution in [0.25, 0.3) is 111 Å². The minimum atomic E-state index is 0.553. The Kier molecular flexibility index (Phi) is 7.13. The zero-order valence-electron chi connectivity index (χ0n) is 31.2. The summed E-state index contributed by atoms with van der Waals surface area (Å²) in [5.41, 5.74) is 12.4. The molecule has 270 valence electrons. The van der Waals surface area contributed by atoms with Crippen LogP contribution in [0.5, 0.6) is 0 Å². The van der Waals surface area contributed by atoms with Gasteiger partial charge in [-0.2, -0.15) is 9.97 Å². The molecule has 0 radical (unpaired) electrons. The van der Waals surface area contributed by atoms with E-state index in [4.69, 9.17) is 19.9 Å². The molecule has 8 aromatic carbocycles. The van der Waals surface area contributed by atoms with Crippen LogP contribution >= 0.6 is 0 Å². The molecule has 0 atom stereocenters. The number of nitrogens with zero attached hydrogens (tertiary/aromatic N) is 6. The van der Waals surface area contributed by atoms with Crippen molar-refractivity contribution in [1.29, 1.82) is 0 Å². The second-order valence-electron chi connectivity index (χ2n) is 14.7. The average molecular weight is 741 g/mol. The maximum Gasteiger partial charge on any atom is 0.238 e. The lowest BCUT2D eigenvalue weighted by Gasteiger charge is -2.13. The molecular weight excluding hydrogens is 709 g/mol. The fourth-order valence-corrected chi connectivity index (χ4v) is 8.65. The van der Waals surface area contributed by atoms with Crippen molar-refractivity contribution in [3.63, 3.8) is 0 Å². The van der Waals surface area contributed by atoms with Gasteiger partial charge in [0.1, 0.15) is 5.65 Å². The third kappa shape index (κ3) is 5.05. The molecule has 4 aromatic heterocycles. The molecule has 0 N–H and O–H groups in total. The monoisotopic (exact) mass is 740 g/mol. The second-order valence-corrected chi connectivity index (χ2v) is 14.7. The maximum absolute atomic E-state index is 5.33. The van der Waals surface area contributed by atoms with Crippen LogP contribution < -0.4 is 0 Å². The zero-order valence-corrected chi connectivity index (χ0v) is 31.2. The first kappa shape index (κ1) is 32.3. The molecule has 0 saturated heterocycles.